The molecule has 10 rings (SSSR count). The molecule has 0 atom stereocenters. The number of hydrogen-bond donors (Lipinski definition) is 4. The van der Waals surface area contributed by atoms with Crippen LogP contribution >= 0.6 is 11.6 Å². The molecule has 25 heteroatoms. The summed E-state index contributed by atoms with van der Waals surface area (Å²) in [5.74, 6) is 1.72. The number of benzene rings is 2. The van der Waals surface area contributed by atoms with E-state index in [1.807, 2.05) is 15.9 Å². The highest BCUT2D eigenvalue weighted by molar-refractivity contribution is 6.33. The molecule has 2 fully saturated rings. The fourth-order valence-corrected chi connectivity index (χ4v) is 12.4. The Kier molecular flexibility index (Phi) is 19.0. The van der Waals surface area contributed by atoms with Crippen molar-refractivity contribution in [2.45, 2.75) is 109 Å². The number of unbranched alkanes of at least 4 members (excludes halogenated alkanes) is 5. The molecule has 0 unspecified atom stereocenters. The maximum Gasteiger partial charge on any atom is 0.317 e. The molecule has 85 heavy (non-hydrogen) atoms. The van der Waals surface area contributed by atoms with Gasteiger partial charge < -0.3 is 54.9 Å². The third kappa shape index (κ3) is 13.4. The molecule has 0 spiro atoms. The number of pyridine rings is 1. The monoisotopic (exact) mass is 1190 g/mol. The van der Waals surface area contributed by atoms with Gasteiger partial charge in [-0.1, -0.05) is 37.3 Å². The van der Waals surface area contributed by atoms with Gasteiger partial charge in [0.25, 0.3) is 17.9 Å². The normalized spacial score (nSPS) is 15.7. The molecule has 4 aliphatic rings. The number of fused-ring (bicyclic) bond motifs is 3. The summed E-state index contributed by atoms with van der Waals surface area (Å²) in [6, 6.07) is 8.49. The number of anilines is 5. The Morgan fingerprint density at radius 3 is 2.33 bits per heavy atom. The smallest absolute Gasteiger partial charge is 0.317 e. The fraction of sp³-hybridized carbons (Fsp3) is 0.517. The van der Waals surface area contributed by atoms with Crippen LogP contribution in [0.3, 0.4) is 0 Å². The number of rotatable bonds is 21. The van der Waals surface area contributed by atoms with Gasteiger partial charge in [-0.15, -0.1) is 0 Å². The van der Waals surface area contributed by atoms with Crippen molar-refractivity contribution < 1.29 is 37.4 Å². The van der Waals surface area contributed by atoms with Gasteiger partial charge in [0.2, 0.25) is 17.8 Å². The number of halogens is 3. The molecular formula is C60H76ClF2N15O7. The Balaban J connectivity index is 0.646. The van der Waals surface area contributed by atoms with Crippen LogP contribution in [0.5, 0.6) is 11.5 Å². The van der Waals surface area contributed by atoms with Crippen LogP contribution in [0.4, 0.5) is 42.5 Å². The number of aromatic nitrogens is 7. The molecule has 2 aromatic carbocycles. The molecule has 22 nitrogen and oxygen atoms in total. The minimum Gasteiger partial charge on any atom is -0.494 e. The van der Waals surface area contributed by atoms with Crippen LogP contribution in [0, 0.1) is 5.92 Å². The molecule has 0 aliphatic carbocycles. The van der Waals surface area contributed by atoms with Crippen molar-refractivity contribution in [3.05, 3.63) is 86.7 Å². The lowest BCUT2D eigenvalue weighted by atomic mass is 9.92. The van der Waals surface area contributed by atoms with Crippen LogP contribution in [0.2, 0.25) is 5.02 Å². The first-order chi connectivity index (χ1) is 41.1. The Morgan fingerprint density at radius 2 is 1.61 bits per heavy atom. The van der Waals surface area contributed by atoms with E-state index in [0.717, 1.165) is 86.7 Å². The van der Waals surface area contributed by atoms with Crippen LogP contribution in [0.15, 0.2) is 53.7 Å². The Labute approximate surface area is 497 Å². The summed E-state index contributed by atoms with van der Waals surface area (Å²) in [6.07, 6.45) is 13.4. The number of ether oxygens (including phenoxy) is 2. The molecule has 6 aromatic rings. The summed E-state index contributed by atoms with van der Waals surface area (Å²) in [7, 11) is 7.99. The van der Waals surface area contributed by atoms with Crippen molar-refractivity contribution in [1.82, 2.24) is 59.8 Å². The first-order valence-corrected chi connectivity index (χ1v) is 29.9. The quantitative estimate of drug-likeness (QED) is 0.0499. The summed E-state index contributed by atoms with van der Waals surface area (Å²) in [5, 5.41) is 22.1. The summed E-state index contributed by atoms with van der Waals surface area (Å²) in [5.41, 5.74) is 5.47. The van der Waals surface area contributed by atoms with Crippen LogP contribution in [-0.4, -0.2) is 141 Å². The van der Waals surface area contributed by atoms with E-state index in [9.17, 15) is 32.8 Å². The molecular weight excluding hydrogens is 1120 g/mol. The summed E-state index contributed by atoms with van der Waals surface area (Å²) >= 11 is 6.59. The highest BCUT2D eigenvalue weighted by Gasteiger charge is 2.36. The third-order valence-electron chi connectivity index (χ3n) is 17.0. The number of carbonyl (C=O) groups excluding carboxylic acids is 4. The Hall–Kier alpha value is -8.02. The lowest BCUT2D eigenvalue weighted by Crippen LogP contribution is -2.42. The number of nitrogens with zero attached hydrogens (tertiary/aromatic N) is 11. The fourth-order valence-electron chi connectivity index (χ4n) is 12.3. The molecule has 4 N–H and O–H groups in total. The lowest BCUT2D eigenvalue weighted by molar-refractivity contribution is -0.132. The highest BCUT2D eigenvalue weighted by Crippen LogP contribution is 2.44. The molecule has 0 radical (unpaired) electrons. The number of hydrogen-bond acceptors (Lipinski definition) is 14. The SMILES string of the molecule is CNC(=O)COc1cc2cc(Nc3nc(N4CCC(C(=O)NCCCCCCCCC(=O)N5CCC(n6nc(N7CCCc8cc(-c9cnn(C)c9)c(C(F)F)cc87)c7c6CCN(C(=O)NC)C7)CC5)CC4)ncc3Cl)cc(OC)c2n(C)c1=O. The number of alkyl halides is 2. The molecule has 4 aliphatic heterocycles. The van der Waals surface area contributed by atoms with Gasteiger partial charge in [0.05, 0.1) is 37.6 Å². The minimum absolute atomic E-state index is 0.0118. The van der Waals surface area contributed by atoms with Crippen molar-refractivity contribution >= 4 is 75.2 Å². The number of aryl methyl sites for hydroxylation is 3. The van der Waals surface area contributed by atoms with Crippen molar-refractivity contribution in [3.8, 4) is 22.6 Å². The zero-order valence-electron chi connectivity index (χ0n) is 49.0. The van der Waals surface area contributed by atoms with Crippen LogP contribution < -0.4 is 46.1 Å². The van der Waals surface area contributed by atoms with E-state index in [2.05, 4.69) is 40.9 Å². The topological polar surface area (TPSA) is 231 Å². The number of nitrogens with one attached hydrogen (secondary N) is 4. The van der Waals surface area contributed by atoms with E-state index in [1.54, 1.807) is 67.4 Å². The van der Waals surface area contributed by atoms with Crippen LogP contribution in [-0.2, 0) is 47.9 Å². The predicted molar refractivity (Wildman–Crippen MR) is 320 cm³/mol. The van der Waals surface area contributed by atoms with E-state index in [-0.39, 0.29) is 53.6 Å². The number of piperidine rings is 2. The third-order valence-corrected chi connectivity index (χ3v) is 17.2. The molecule has 454 valence electrons. The van der Waals surface area contributed by atoms with E-state index in [1.165, 1.54) is 24.9 Å². The van der Waals surface area contributed by atoms with Gasteiger partial charge in [0, 0.05) is 144 Å². The van der Waals surface area contributed by atoms with Gasteiger partial charge in [0.15, 0.2) is 24.0 Å². The van der Waals surface area contributed by atoms with Crippen molar-refractivity contribution in [1.29, 1.82) is 0 Å². The molecule has 8 heterocycles. The van der Waals surface area contributed by atoms with Crippen molar-refractivity contribution in [2.24, 2.45) is 20.0 Å². The highest BCUT2D eigenvalue weighted by atomic mass is 35.5. The van der Waals surface area contributed by atoms with E-state index in [4.69, 9.17) is 31.2 Å². The molecule has 0 bridgehead atoms. The Morgan fingerprint density at radius 1 is 0.847 bits per heavy atom. The van der Waals surface area contributed by atoms with Gasteiger partial charge in [-0.2, -0.15) is 15.2 Å². The van der Waals surface area contributed by atoms with Crippen molar-refractivity contribution in [3.63, 3.8) is 0 Å². The number of likely N-dealkylation sites (N-methyl/N-ethyl adjacent to an activating group) is 1. The van der Waals surface area contributed by atoms with E-state index in [0.29, 0.717) is 134 Å². The van der Waals surface area contributed by atoms with Gasteiger partial charge in [0.1, 0.15) is 10.8 Å². The molecule has 4 aromatic heterocycles. The average molecular weight is 1190 g/mol. The predicted octanol–water partition coefficient (Wildman–Crippen LogP) is 8.10. The molecule has 2 saturated heterocycles. The van der Waals surface area contributed by atoms with Gasteiger partial charge >= 0.3 is 6.03 Å². The van der Waals surface area contributed by atoms with Gasteiger partial charge in [-0.25, -0.2) is 18.6 Å². The van der Waals surface area contributed by atoms with Crippen molar-refractivity contribution in [2.75, 3.05) is 88.7 Å². The van der Waals surface area contributed by atoms with Crippen LogP contribution in [0.25, 0.3) is 22.0 Å². The van der Waals surface area contributed by atoms with Gasteiger partial charge in [-0.3, -0.25) is 28.5 Å². The molecule has 0 saturated carbocycles. The second-order valence-corrected chi connectivity index (χ2v) is 22.8. The number of amides is 5. The van der Waals surface area contributed by atoms with E-state index < -0.39 is 12.0 Å². The maximum atomic E-state index is 14.8. The standard InChI is InChI=1S/C60H76ClF2N15O7/c1-64-51(79)36-85-50-29-39-27-41(30-49(84-5)53(39)73(4)58(50)82)69-55-46(61)33-67-59(70-55)75-22-15-37(16-23-75)57(81)66-20-11-9-7-6-8-10-14-52(80)74-24-17-42(18-25-74)78-47-19-26-76(60(83)65-2)35-45(47)56(71-78)77-21-12-13-38-28-43(40-32-68-72(3)34-40)44(54(62)63)31-48(38)77/h27-34,37,42,54H,6-26,35-36H2,1-5H3,(H,64,79)(H,65,83)(H,66,81)(H,67,69,70). The second kappa shape index (κ2) is 26.9. The summed E-state index contributed by atoms with van der Waals surface area (Å²) in [6.45, 7) is 4.23. The number of carbonyl (C=O) groups is 4. The zero-order valence-corrected chi connectivity index (χ0v) is 49.8. The number of methoxy groups -OCH3 is 1. The largest absolute Gasteiger partial charge is 0.494 e. The average Bonchev–Trinajstić information content (AvgIpc) is 2.09. The van der Waals surface area contributed by atoms with Crippen LogP contribution in [0.1, 0.15) is 112 Å². The lowest BCUT2D eigenvalue weighted by Gasteiger charge is -2.34. The Bertz CT molecular complexity index is 3480. The second-order valence-electron chi connectivity index (χ2n) is 22.4. The zero-order chi connectivity index (χ0) is 59.9. The molecule has 5 amide bonds. The summed E-state index contributed by atoms with van der Waals surface area (Å²) < 4.78 is 46.0. The first kappa shape index (κ1) is 60.1. The van der Waals surface area contributed by atoms with E-state index >= 15 is 0 Å². The minimum atomic E-state index is -2.69. The number of likely N-dealkylation sites (tertiary alicyclic amines) is 1. The van der Waals surface area contributed by atoms with Gasteiger partial charge in [-0.05, 0) is 86.8 Å². The summed E-state index contributed by atoms with van der Waals surface area (Å²) in [4.78, 5) is 81.7. The maximum absolute atomic E-state index is 14.8. The first-order valence-electron chi connectivity index (χ1n) is 29.6. The number of urea groups is 1.